The molecule has 4 heteroatoms. The first-order chi connectivity index (χ1) is 9.72. The highest BCUT2D eigenvalue weighted by atomic mass is 16.6. The Morgan fingerprint density at radius 2 is 2.10 bits per heavy atom. The van der Waals surface area contributed by atoms with Crippen molar-refractivity contribution in [2.24, 2.45) is 17.1 Å². The van der Waals surface area contributed by atoms with Crippen LogP contribution in [0.1, 0.15) is 66.2 Å². The smallest absolute Gasteiger partial charge is 0.410 e. The van der Waals surface area contributed by atoms with Crippen molar-refractivity contribution < 1.29 is 9.53 Å². The fourth-order valence-corrected chi connectivity index (χ4v) is 3.38. The van der Waals surface area contributed by atoms with E-state index in [2.05, 4.69) is 6.92 Å². The largest absolute Gasteiger partial charge is 0.444 e. The molecule has 2 N–H and O–H groups in total. The molecule has 0 bridgehead atoms. The monoisotopic (exact) mass is 296 g/mol. The van der Waals surface area contributed by atoms with Crippen LogP contribution in [0.2, 0.25) is 0 Å². The molecule has 1 aliphatic carbocycles. The molecule has 0 aromatic rings. The molecule has 2 unspecified atom stereocenters. The maximum atomic E-state index is 12.2. The molecule has 1 heterocycles. The Morgan fingerprint density at radius 1 is 1.43 bits per heavy atom. The lowest BCUT2D eigenvalue weighted by molar-refractivity contribution is 0.0157. The average molecular weight is 296 g/mol. The second-order valence-electron chi connectivity index (χ2n) is 8.12. The Morgan fingerprint density at radius 3 is 2.62 bits per heavy atom. The third-order valence-electron chi connectivity index (χ3n) is 5.08. The van der Waals surface area contributed by atoms with Gasteiger partial charge < -0.3 is 15.4 Å². The molecular weight excluding hydrogens is 264 g/mol. The SMILES string of the molecule is CC(N)C1(CCC2CCCN(C(=O)OC(C)(C)C)C2)CC1. The lowest BCUT2D eigenvalue weighted by Gasteiger charge is -2.35. The number of carbonyl (C=O) groups is 1. The van der Waals surface area contributed by atoms with E-state index in [0.717, 1.165) is 19.5 Å². The van der Waals surface area contributed by atoms with Gasteiger partial charge in [-0.05, 0) is 77.6 Å². The van der Waals surface area contributed by atoms with Crippen molar-refractivity contribution in [1.29, 1.82) is 0 Å². The van der Waals surface area contributed by atoms with E-state index in [1.165, 1.54) is 32.1 Å². The lowest BCUT2D eigenvalue weighted by Crippen LogP contribution is -2.43. The molecule has 1 saturated carbocycles. The molecule has 0 radical (unpaired) electrons. The number of piperidine rings is 1. The molecule has 0 aromatic heterocycles. The molecule has 122 valence electrons. The van der Waals surface area contributed by atoms with Crippen LogP contribution in [0, 0.1) is 11.3 Å². The summed E-state index contributed by atoms with van der Waals surface area (Å²) in [4.78, 5) is 14.1. The Hall–Kier alpha value is -0.770. The summed E-state index contributed by atoms with van der Waals surface area (Å²) in [7, 11) is 0. The van der Waals surface area contributed by atoms with Crippen molar-refractivity contribution in [2.45, 2.75) is 77.9 Å². The first-order valence-corrected chi connectivity index (χ1v) is 8.45. The lowest BCUT2D eigenvalue weighted by atomic mass is 9.85. The third-order valence-corrected chi connectivity index (χ3v) is 5.08. The van der Waals surface area contributed by atoms with Crippen molar-refractivity contribution in [3.8, 4) is 0 Å². The van der Waals surface area contributed by atoms with Gasteiger partial charge in [0.25, 0.3) is 0 Å². The van der Waals surface area contributed by atoms with E-state index in [9.17, 15) is 4.79 Å². The molecule has 21 heavy (non-hydrogen) atoms. The van der Waals surface area contributed by atoms with Gasteiger partial charge in [0.05, 0.1) is 0 Å². The Balaban J connectivity index is 1.80. The van der Waals surface area contributed by atoms with Gasteiger partial charge in [-0.15, -0.1) is 0 Å². The highest BCUT2D eigenvalue weighted by molar-refractivity contribution is 5.68. The second-order valence-corrected chi connectivity index (χ2v) is 8.12. The van der Waals surface area contributed by atoms with Crippen LogP contribution in [-0.4, -0.2) is 35.7 Å². The zero-order valence-electron chi connectivity index (χ0n) is 14.2. The molecule has 2 atom stereocenters. The van der Waals surface area contributed by atoms with Crippen LogP contribution in [-0.2, 0) is 4.74 Å². The van der Waals surface area contributed by atoms with E-state index in [1.807, 2.05) is 25.7 Å². The Labute approximate surface area is 129 Å². The predicted octanol–water partition coefficient (Wildman–Crippen LogP) is 3.54. The zero-order valence-corrected chi connectivity index (χ0v) is 14.2. The summed E-state index contributed by atoms with van der Waals surface area (Å²) in [5.74, 6) is 0.613. The Kier molecular flexibility index (Phi) is 4.86. The number of nitrogens with zero attached hydrogens (tertiary/aromatic N) is 1. The number of ether oxygens (including phenoxy) is 1. The third kappa shape index (κ3) is 4.60. The van der Waals surface area contributed by atoms with Crippen molar-refractivity contribution in [3.05, 3.63) is 0 Å². The number of amides is 1. The van der Waals surface area contributed by atoms with Gasteiger partial charge in [-0.3, -0.25) is 0 Å². The molecule has 2 fully saturated rings. The van der Waals surface area contributed by atoms with Crippen molar-refractivity contribution >= 4 is 6.09 Å². The van der Waals surface area contributed by atoms with Crippen molar-refractivity contribution in [1.82, 2.24) is 4.90 Å². The molecule has 2 aliphatic rings. The van der Waals surface area contributed by atoms with Gasteiger partial charge in [0.1, 0.15) is 5.60 Å². The van der Waals surface area contributed by atoms with Gasteiger partial charge >= 0.3 is 6.09 Å². The molecule has 2 rings (SSSR count). The summed E-state index contributed by atoms with van der Waals surface area (Å²) in [6, 6.07) is 0.308. The molecule has 0 spiro atoms. The van der Waals surface area contributed by atoms with Gasteiger partial charge in [0, 0.05) is 19.1 Å². The maximum Gasteiger partial charge on any atom is 0.410 e. The number of rotatable bonds is 4. The van der Waals surface area contributed by atoms with Crippen molar-refractivity contribution in [2.75, 3.05) is 13.1 Å². The minimum atomic E-state index is -0.406. The highest BCUT2D eigenvalue weighted by Gasteiger charge is 2.45. The summed E-state index contributed by atoms with van der Waals surface area (Å²) in [5.41, 5.74) is 6.11. The standard InChI is InChI=1S/C17H32N2O2/c1-13(18)17(9-10-17)8-7-14-6-5-11-19(12-14)15(20)21-16(2,3)4/h13-14H,5-12,18H2,1-4H3. The van der Waals surface area contributed by atoms with E-state index in [0.29, 0.717) is 17.4 Å². The van der Waals surface area contributed by atoms with Crippen LogP contribution >= 0.6 is 0 Å². The summed E-state index contributed by atoms with van der Waals surface area (Å²) in [6.45, 7) is 9.60. The first-order valence-electron chi connectivity index (χ1n) is 8.45. The van der Waals surface area contributed by atoms with E-state index >= 15 is 0 Å². The second kappa shape index (κ2) is 6.15. The predicted molar refractivity (Wildman–Crippen MR) is 85.1 cm³/mol. The van der Waals surface area contributed by atoms with Crippen LogP contribution in [0.4, 0.5) is 4.79 Å². The topological polar surface area (TPSA) is 55.6 Å². The van der Waals surface area contributed by atoms with Gasteiger partial charge in [-0.25, -0.2) is 4.79 Å². The van der Waals surface area contributed by atoms with Crippen LogP contribution in [0.15, 0.2) is 0 Å². The maximum absolute atomic E-state index is 12.2. The summed E-state index contributed by atoms with van der Waals surface area (Å²) in [6.07, 6.45) is 7.16. The summed E-state index contributed by atoms with van der Waals surface area (Å²) in [5, 5.41) is 0. The minimum Gasteiger partial charge on any atom is -0.444 e. The van der Waals surface area contributed by atoms with Gasteiger partial charge in [-0.1, -0.05) is 0 Å². The molecule has 4 nitrogen and oxygen atoms in total. The number of carbonyl (C=O) groups excluding carboxylic acids is 1. The quantitative estimate of drug-likeness (QED) is 0.863. The Bertz CT molecular complexity index is 369. The molecule has 0 aromatic carbocycles. The van der Waals surface area contributed by atoms with Gasteiger partial charge in [-0.2, -0.15) is 0 Å². The van der Waals surface area contributed by atoms with E-state index < -0.39 is 5.60 Å². The number of hydrogen-bond donors (Lipinski definition) is 1. The fourth-order valence-electron chi connectivity index (χ4n) is 3.38. The van der Waals surface area contributed by atoms with E-state index in [1.54, 1.807) is 0 Å². The molecule has 1 saturated heterocycles. The van der Waals surface area contributed by atoms with Gasteiger partial charge in [0.15, 0.2) is 0 Å². The normalized spacial score (nSPS) is 26.3. The van der Waals surface area contributed by atoms with Gasteiger partial charge in [0.2, 0.25) is 0 Å². The van der Waals surface area contributed by atoms with Crippen molar-refractivity contribution in [3.63, 3.8) is 0 Å². The summed E-state index contributed by atoms with van der Waals surface area (Å²) < 4.78 is 5.49. The van der Waals surface area contributed by atoms with E-state index in [4.69, 9.17) is 10.5 Å². The number of nitrogens with two attached hydrogens (primary N) is 1. The zero-order chi connectivity index (χ0) is 15.7. The van der Waals surface area contributed by atoms with Crippen LogP contribution in [0.25, 0.3) is 0 Å². The molecule has 1 aliphatic heterocycles. The van der Waals surface area contributed by atoms with Crippen LogP contribution in [0.3, 0.4) is 0 Å². The molecule has 1 amide bonds. The number of hydrogen-bond acceptors (Lipinski definition) is 3. The number of likely N-dealkylation sites (tertiary alicyclic amines) is 1. The minimum absolute atomic E-state index is 0.152. The summed E-state index contributed by atoms with van der Waals surface area (Å²) >= 11 is 0. The highest BCUT2D eigenvalue weighted by Crippen LogP contribution is 2.52. The molecular formula is C17H32N2O2. The van der Waals surface area contributed by atoms with Crippen LogP contribution < -0.4 is 5.73 Å². The first kappa shape index (κ1) is 16.6. The van der Waals surface area contributed by atoms with Crippen LogP contribution in [0.5, 0.6) is 0 Å². The fraction of sp³-hybridized carbons (Fsp3) is 0.941. The van der Waals surface area contributed by atoms with E-state index in [-0.39, 0.29) is 6.09 Å². The average Bonchev–Trinajstić information content (AvgIpc) is 3.16.